The average Bonchev–Trinajstić information content (AvgIpc) is 3.03. The zero-order valence-electron chi connectivity index (χ0n) is 15.6. The molecule has 144 valence electrons. The average molecular weight is 398 g/mol. The molecule has 1 amide bonds. The Balaban J connectivity index is 1.73. The Labute approximate surface area is 167 Å². The number of aromatic nitrogens is 4. The third-order valence-corrected chi connectivity index (χ3v) is 4.89. The van der Waals surface area contributed by atoms with Gasteiger partial charge in [0.2, 0.25) is 5.91 Å². The maximum Gasteiger partial charge on any atom is 0.226 e. The molecule has 7 nitrogen and oxygen atoms in total. The molecule has 8 heteroatoms. The Kier molecular flexibility index (Phi) is 5.00. The minimum absolute atomic E-state index is 0.0631. The maximum atomic E-state index is 12.4. The second-order valence-electron chi connectivity index (χ2n) is 6.70. The molecule has 2 aromatic heterocycles. The molecule has 0 saturated heterocycles. The summed E-state index contributed by atoms with van der Waals surface area (Å²) in [6.07, 6.45) is 1.32. The second-order valence-corrected chi connectivity index (χ2v) is 7.08. The Morgan fingerprint density at radius 2 is 2.00 bits per heavy atom. The highest BCUT2D eigenvalue weighted by Gasteiger charge is 2.32. The van der Waals surface area contributed by atoms with Crippen LogP contribution in [0.5, 0.6) is 5.75 Å². The topological polar surface area (TPSA) is 81.9 Å². The fraction of sp³-hybridized carbons (Fsp3) is 0.300. The van der Waals surface area contributed by atoms with E-state index in [1.807, 2.05) is 31.2 Å². The van der Waals surface area contributed by atoms with Crippen LogP contribution in [0.15, 0.2) is 36.4 Å². The van der Waals surface area contributed by atoms with Gasteiger partial charge in [-0.25, -0.2) is 0 Å². The van der Waals surface area contributed by atoms with Gasteiger partial charge >= 0.3 is 0 Å². The lowest BCUT2D eigenvalue weighted by Crippen LogP contribution is -2.25. The van der Waals surface area contributed by atoms with Gasteiger partial charge in [0, 0.05) is 17.9 Å². The summed E-state index contributed by atoms with van der Waals surface area (Å²) in [6.45, 7) is 4.69. The van der Waals surface area contributed by atoms with Crippen molar-refractivity contribution in [3.05, 3.63) is 58.4 Å². The monoisotopic (exact) mass is 397 g/mol. The molecule has 0 fully saturated rings. The quantitative estimate of drug-likeness (QED) is 0.706. The predicted molar refractivity (Wildman–Crippen MR) is 106 cm³/mol. The zero-order chi connectivity index (χ0) is 19.7. The number of nitrogens with one attached hydrogen (secondary N) is 1. The fourth-order valence-electron chi connectivity index (χ4n) is 3.44. The van der Waals surface area contributed by atoms with Crippen LogP contribution in [-0.4, -0.2) is 32.5 Å². The number of amides is 1. The van der Waals surface area contributed by atoms with Gasteiger partial charge in [-0.15, -0.1) is 10.2 Å². The normalized spacial score (nSPS) is 15.8. The molecule has 28 heavy (non-hydrogen) atoms. The summed E-state index contributed by atoms with van der Waals surface area (Å²) in [5, 5.41) is 15.8. The molecule has 0 aliphatic carbocycles. The van der Waals surface area contributed by atoms with Gasteiger partial charge in [-0.3, -0.25) is 4.79 Å². The Morgan fingerprint density at radius 3 is 2.68 bits per heavy atom. The molecule has 1 aromatic carbocycles. The van der Waals surface area contributed by atoms with Crippen LogP contribution in [0.2, 0.25) is 5.15 Å². The van der Waals surface area contributed by atoms with Gasteiger partial charge in [-0.2, -0.15) is 9.78 Å². The number of hydrogen-bond donors (Lipinski definition) is 1. The van der Waals surface area contributed by atoms with Crippen LogP contribution < -0.4 is 10.1 Å². The largest absolute Gasteiger partial charge is 0.494 e. The number of anilines is 1. The minimum atomic E-state index is -0.0852. The first-order chi connectivity index (χ1) is 13.6. The molecule has 0 unspecified atom stereocenters. The number of rotatable bonds is 5. The van der Waals surface area contributed by atoms with Gasteiger partial charge in [-0.1, -0.05) is 30.7 Å². The van der Waals surface area contributed by atoms with Gasteiger partial charge in [0.05, 0.1) is 12.3 Å². The van der Waals surface area contributed by atoms with Crippen molar-refractivity contribution in [3.63, 3.8) is 0 Å². The number of fused-ring (bicyclic) bond motifs is 1. The molecule has 3 heterocycles. The fourth-order valence-corrected chi connectivity index (χ4v) is 3.54. The number of carbonyl (C=O) groups is 1. The predicted octanol–water partition coefficient (Wildman–Crippen LogP) is 3.89. The van der Waals surface area contributed by atoms with Crippen molar-refractivity contribution in [3.8, 4) is 11.6 Å². The molecular weight excluding hydrogens is 378 g/mol. The number of carbonyl (C=O) groups excluding carboxylic acids is 1. The first-order valence-electron chi connectivity index (χ1n) is 9.18. The van der Waals surface area contributed by atoms with Crippen molar-refractivity contribution in [2.75, 3.05) is 11.9 Å². The van der Waals surface area contributed by atoms with E-state index in [4.69, 9.17) is 16.3 Å². The lowest BCUT2D eigenvalue weighted by Gasteiger charge is -2.24. The molecule has 1 atom stereocenters. The molecule has 4 rings (SSSR count). The van der Waals surface area contributed by atoms with Gasteiger partial charge in [-0.05, 0) is 43.2 Å². The van der Waals surface area contributed by atoms with E-state index in [0.717, 1.165) is 29.0 Å². The van der Waals surface area contributed by atoms with E-state index in [9.17, 15) is 4.79 Å². The second kappa shape index (κ2) is 7.59. The van der Waals surface area contributed by atoms with Crippen molar-refractivity contribution in [1.29, 1.82) is 0 Å². The van der Waals surface area contributed by atoms with Gasteiger partial charge < -0.3 is 10.1 Å². The van der Waals surface area contributed by atoms with E-state index in [0.29, 0.717) is 29.8 Å². The van der Waals surface area contributed by atoms with E-state index in [1.165, 1.54) is 0 Å². The van der Waals surface area contributed by atoms with Crippen LogP contribution in [0.4, 0.5) is 5.82 Å². The molecular formula is C20H20ClN5O2. The molecule has 0 saturated carbocycles. The third kappa shape index (κ3) is 3.45. The molecule has 3 aromatic rings. The Bertz CT molecular complexity index is 999. The molecule has 1 aliphatic rings. The molecule has 0 spiro atoms. The SMILES string of the molecule is CCCOc1ccc([C@@H]2CC(=O)Nc3c2c(C)nn3-c2ccc(Cl)nn2)cc1. The first-order valence-corrected chi connectivity index (χ1v) is 9.56. The van der Waals surface area contributed by atoms with Crippen LogP contribution in [0.3, 0.4) is 0 Å². The number of ether oxygens (including phenoxy) is 1. The molecule has 1 N–H and O–H groups in total. The highest BCUT2D eigenvalue weighted by molar-refractivity contribution is 6.29. The van der Waals surface area contributed by atoms with E-state index >= 15 is 0 Å². The number of nitrogens with zero attached hydrogens (tertiary/aromatic N) is 4. The Morgan fingerprint density at radius 1 is 1.21 bits per heavy atom. The number of halogens is 1. The van der Waals surface area contributed by atoms with E-state index in [-0.39, 0.29) is 11.8 Å². The lowest BCUT2D eigenvalue weighted by atomic mass is 9.86. The van der Waals surface area contributed by atoms with E-state index < -0.39 is 0 Å². The highest BCUT2D eigenvalue weighted by atomic mass is 35.5. The third-order valence-electron chi connectivity index (χ3n) is 4.69. The van der Waals surface area contributed by atoms with Crippen LogP contribution in [0.25, 0.3) is 5.82 Å². The first kappa shape index (κ1) is 18.4. The van der Waals surface area contributed by atoms with Crippen molar-refractivity contribution in [2.24, 2.45) is 0 Å². The molecule has 1 aliphatic heterocycles. The van der Waals surface area contributed by atoms with Crippen LogP contribution in [0, 0.1) is 6.92 Å². The van der Waals surface area contributed by atoms with E-state index in [2.05, 4.69) is 27.5 Å². The van der Waals surface area contributed by atoms with Crippen molar-refractivity contribution >= 4 is 23.3 Å². The summed E-state index contributed by atoms with van der Waals surface area (Å²) in [4.78, 5) is 12.4. The van der Waals surface area contributed by atoms with Crippen LogP contribution >= 0.6 is 11.6 Å². The number of benzene rings is 1. The van der Waals surface area contributed by atoms with Crippen LogP contribution in [0.1, 0.15) is 42.5 Å². The summed E-state index contributed by atoms with van der Waals surface area (Å²) in [6, 6.07) is 11.3. The van der Waals surface area contributed by atoms with Gasteiger partial charge in [0.15, 0.2) is 11.0 Å². The molecule has 0 radical (unpaired) electrons. The summed E-state index contributed by atoms with van der Waals surface area (Å²) in [7, 11) is 0. The highest BCUT2D eigenvalue weighted by Crippen LogP contribution is 2.40. The van der Waals surface area contributed by atoms with Gasteiger partial charge in [0.1, 0.15) is 11.6 Å². The maximum absolute atomic E-state index is 12.4. The summed E-state index contributed by atoms with van der Waals surface area (Å²) in [5.41, 5.74) is 2.87. The van der Waals surface area contributed by atoms with Crippen molar-refractivity contribution < 1.29 is 9.53 Å². The minimum Gasteiger partial charge on any atom is -0.494 e. The smallest absolute Gasteiger partial charge is 0.226 e. The summed E-state index contributed by atoms with van der Waals surface area (Å²) in [5.74, 6) is 1.81. The van der Waals surface area contributed by atoms with Crippen LogP contribution in [-0.2, 0) is 4.79 Å². The van der Waals surface area contributed by atoms with E-state index in [1.54, 1.807) is 16.8 Å². The lowest BCUT2D eigenvalue weighted by molar-refractivity contribution is -0.116. The molecule has 0 bridgehead atoms. The van der Waals surface area contributed by atoms with Crippen molar-refractivity contribution in [2.45, 2.75) is 32.6 Å². The number of hydrogen-bond acceptors (Lipinski definition) is 5. The summed E-state index contributed by atoms with van der Waals surface area (Å²) >= 11 is 5.84. The van der Waals surface area contributed by atoms with Gasteiger partial charge in [0.25, 0.3) is 0 Å². The summed E-state index contributed by atoms with van der Waals surface area (Å²) < 4.78 is 7.27. The zero-order valence-corrected chi connectivity index (χ0v) is 16.4. The standard InChI is InChI=1S/C20H20ClN5O2/c1-3-10-28-14-6-4-13(5-7-14)15-11-18(27)22-20-19(15)12(2)25-26(20)17-9-8-16(21)23-24-17/h4-9,15H,3,10-11H2,1-2H3,(H,22,27)/t15-/m0/s1. The number of aryl methyl sites for hydroxylation is 1. The van der Waals surface area contributed by atoms with Crippen molar-refractivity contribution in [1.82, 2.24) is 20.0 Å². The Hall–Kier alpha value is -2.93.